The Hall–Kier alpha value is -1.61. The molecule has 2 atom stereocenters. The number of furan rings is 1. The second-order valence-corrected chi connectivity index (χ2v) is 9.05. The third-order valence-electron chi connectivity index (χ3n) is 6.77. The van der Waals surface area contributed by atoms with E-state index in [9.17, 15) is 0 Å². The Morgan fingerprint density at radius 3 is 2.59 bits per heavy atom. The molecule has 0 aliphatic carbocycles. The lowest BCUT2D eigenvalue weighted by Gasteiger charge is -2.37. The van der Waals surface area contributed by atoms with Gasteiger partial charge in [-0.05, 0) is 51.2 Å². The lowest BCUT2D eigenvalue weighted by molar-refractivity contribution is -0.0721. The number of hydrogen-bond acceptors (Lipinski definition) is 6. The Morgan fingerprint density at radius 1 is 1.12 bits per heavy atom. The monoisotopic (exact) mass is 448 g/mol. The molecule has 180 valence electrons. The predicted octanol–water partition coefficient (Wildman–Crippen LogP) is 2.59. The SMILES string of the molecule is CN=C(NCC(c1ccc(C)o1)N1CCOCC1)N1CCC(OCC2CCCCO2)CC1. The molecule has 4 heterocycles. The molecule has 8 heteroatoms. The maximum Gasteiger partial charge on any atom is 0.193 e. The normalized spacial score (nSPS) is 25.1. The zero-order valence-corrected chi connectivity index (χ0v) is 19.8. The van der Waals surface area contributed by atoms with Gasteiger partial charge in [0.1, 0.15) is 11.5 Å². The minimum Gasteiger partial charge on any atom is -0.465 e. The summed E-state index contributed by atoms with van der Waals surface area (Å²) in [5.74, 6) is 2.91. The van der Waals surface area contributed by atoms with Crippen molar-refractivity contribution >= 4 is 5.96 Å². The summed E-state index contributed by atoms with van der Waals surface area (Å²) in [5, 5.41) is 3.62. The van der Waals surface area contributed by atoms with Gasteiger partial charge in [0.05, 0.1) is 38.1 Å². The number of aliphatic imine (C=N–C) groups is 1. The van der Waals surface area contributed by atoms with Crippen LogP contribution in [-0.4, -0.2) is 94.2 Å². The molecule has 0 bridgehead atoms. The van der Waals surface area contributed by atoms with Crippen LogP contribution < -0.4 is 5.32 Å². The maximum atomic E-state index is 6.18. The number of nitrogens with one attached hydrogen (secondary N) is 1. The van der Waals surface area contributed by atoms with E-state index in [2.05, 4.69) is 26.2 Å². The van der Waals surface area contributed by atoms with E-state index in [0.717, 1.165) is 95.9 Å². The van der Waals surface area contributed by atoms with Crippen molar-refractivity contribution in [3.63, 3.8) is 0 Å². The van der Waals surface area contributed by atoms with E-state index in [-0.39, 0.29) is 6.04 Å². The van der Waals surface area contributed by atoms with E-state index >= 15 is 0 Å². The number of piperidine rings is 1. The average Bonchev–Trinajstić information content (AvgIpc) is 3.28. The van der Waals surface area contributed by atoms with Crippen LogP contribution in [0.4, 0.5) is 0 Å². The van der Waals surface area contributed by atoms with Crippen molar-refractivity contribution in [1.29, 1.82) is 0 Å². The molecule has 3 fully saturated rings. The highest BCUT2D eigenvalue weighted by Crippen LogP contribution is 2.24. The summed E-state index contributed by atoms with van der Waals surface area (Å²) in [7, 11) is 1.87. The lowest BCUT2D eigenvalue weighted by Crippen LogP contribution is -2.50. The number of nitrogens with zero attached hydrogens (tertiary/aromatic N) is 3. The van der Waals surface area contributed by atoms with Gasteiger partial charge in [0.15, 0.2) is 5.96 Å². The van der Waals surface area contributed by atoms with Crippen LogP contribution >= 0.6 is 0 Å². The van der Waals surface area contributed by atoms with Crippen LogP contribution in [0.25, 0.3) is 0 Å². The molecule has 0 saturated carbocycles. The van der Waals surface area contributed by atoms with Crippen LogP contribution in [0.5, 0.6) is 0 Å². The third kappa shape index (κ3) is 6.47. The molecular formula is C24H40N4O4. The molecule has 1 N–H and O–H groups in total. The Bertz CT molecular complexity index is 705. The van der Waals surface area contributed by atoms with Gasteiger partial charge in [0.25, 0.3) is 0 Å². The highest BCUT2D eigenvalue weighted by atomic mass is 16.5. The molecule has 0 spiro atoms. The van der Waals surface area contributed by atoms with E-state index in [0.29, 0.717) is 12.2 Å². The molecule has 32 heavy (non-hydrogen) atoms. The van der Waals surface area contributed by atoms with Crippen molar-refractivity contribution in [3.8, 4) is 0 Å². The van der Waals surface area contributed by atoms with Crippen LogP contribution in [0.15, 0.2) is 21.5 Å². The largest absolute Gasteiger partial charge is 0.465 e. The van der Waals surface area contributed by atoms with Crippen LogP contribution in [0.1, 0.15) is 49.7 Å². The Kier molecular flexibility index (Phi) is 8.85. The zero-order chi connectivity index (χ0) is 22.2. The molecule has 0 radical (unpaired) electrons. The van der Waals surface area contributed by atoms with Gasteiger partial charge in [-0.3, -0.25) is 9.89 Å². The van der Waals surface area contributed by atoms with E-state index < -0.39 is 0 Å². The first-order valence-corrected chi connectivity index (χ1v) is 12.3. The van der Waals surface area contributed by atoms with Gasteiger partial charge in [-0.15, -0.1) is 0 Å². The molecular weight excluding hydrogens is 408 g/mol. The van der Waals surface area contributed by atoms with Gasteiger partial charge in [0, 0.05) is 46.4 Å². The van der Waals surface area contributed by atoms with E-state index in [1.54, 1.807) is 0 Å². The van der Waals surface area contributed by atoms with Crippen molar-refractivity contribution in [2.24, 2.45) is 4.99 Å². The second kappa shape index (κ2) is 12.0. The molecule has 8 nitrogen and oxygen atoms in total. The lowest BCUT2D eigenvalue weighted by atomic mass is 10.1. The Balaban J connectivity index is 1.26. The van der Waals surface area contributed by atoms with Crippen molar-refractivity contribution in [2.75, 3.05) is 66.2 Å². The van der Waals surface area contributed by atoms with E-state index in [4.69, 9.17) is 18.6 Å². The number of rotatable bonds is 7. The van der Waals surface area contributed by atoms with Gasteiger partial charge in [-0.1, -0.05) is 0 Å². The molecule has 3 saturated heterocycles. The number of hydrogen-bond donors (Lipinski definition) is 1. The molecule has 0 aromatic carbocycles. The minimum absolute atomic E-state index is 0.167. The van der Waals surface area contributed by atoms with Crippen molar-refractivity contribution in [1.82, 2.24) is 15.1 Å². The van der Waals surface area contributed by atoms with Gasteiger partial charge < -0.3 is 28.8 Å². The minimum atomic E-state index is 0.167. The number of likely N-dealkylation sites (tertiary alicyclic amines) is 1. The first kappa shape index (κ1) is 23.5. The topological polar surface area (TPSA) is 71.7 Å². The Labute approximate surface area is 192 Å². The van der Waals surface area contributed by atoms with Crippen molar-refractivity contribution < 1.29 is 18.6 Å². The highest BCUT2D eigenvalue weighted by Gasteiger charge is 2.28. The van der Waals surface area contributed by atoms with Crippen molar-refractivity contribution in [2.45, 2.75) is 57.3 Å². The summed E-state index contributed by atoms with van der Waals surface area (Å²) in [6.45, 7) is 9.66. The summed E-state index contributed by atoms with van der Waals surface area (Å²) >= 11 is 0. The molecule has 3 aliphatic rings. The smallest absolute Gasteiger partial charge is 0.193 e. The zero-order valence-electron chi connectivity index (χ0n) is 19.8. The summed E-state index contributed by atoms with van der Waals surface area (Å²) in [5.41, 5.74) is 0. The molecule has 3 aliphatic heterocycles. The van der Waals surface area contributed by atoms with E-state index in [1.165, 1.54) is 12.8 Å². The first-order chi connectivity index (χ1) is 15.7. The van der Waals surface area contributed by atoms with Crippen LogP contribution in [0, 0.1) is 6.92 Å². The predicted molar refractivity (Wildman–Crippen MR) is 124 cm³/mol. The second-order valence-electron chi connectivity index (χ2n) is 9.05. The maximum absolute atomic E-state index is 6.18. The standard InChI is InChI=1S/C24H40N4O4/c1-19-6-7-23(32-19)22(27-12-15-29-16-13-27)17-26-24(25-2)28-10-8-20(9-11-28)31-18-21-5-3-4-14-30-21/h6-7,20-22H,3-5,8-18H2,1-2H3,(H,25,26). The van der Waals surface area contributed by atoms with Crippen LogP contribution in [-0.2, 0) is 14.2 Å². The molecule has 4 rings (SSSR count). The number of morpholine rings is 1. The fourth-order valence-corrected chi connectivity index (χ4v) is 4.87. The molecule has 1 aromatic rings. The third-order valence-corrected chi connectivity index (χ3v) is 6.77. The quantitative estimate of drug-likeness (QED) is 0.508. The average molecular weight is 449 g/mol. The summed E-state index contributed by atoms with van der Waals surface area (Å²) in [4.78, 5) is 9.36. The molecule has 1 aromatic heterocycles. The van der Waals surface area contributed by atoms with Gasteiger partial charge in [0.2, 0.25) is 0 Å². The Morgan fingerprint density at radius 2 is 1.94 bits per heavy atom. The number of ether oxygens (including phenoxy) is 3. The summed E-state index contributed by atoms with van der Waals surface area (Å²) < 4.78 is 23.5. The van der Waals surface area contributed by atoms with Crippen LogP contribution in [0.3, 0.4) is 0 Å². The molecule has 2 unspecified atom stereocenters. The van der Waals surface area contributed by atoms with Gasteiger partial charge in [-0.25, -0.2) is 0 Å². The van der Waals surface area contributed by atoms with Crippen LogP contribution in [0.2, 0.25) is 0 Å². The van der Waals surface area contributed by atoms with E-state index in [1.807, 2.05) is 20.0 Å². The molecule has 0 amide bonds. The fraction of sp³-hybridized carbons (Fsp3) is 0.792. The summed E-state index contributed by atoms with van der Waals surface area (Å²) in [6, 6.07) is 4.31. The number of guanidine groups is 1. The summed E-state index contributed by atoms with van der Waals surface area (Å²) in [6.07, 6.45) is 6.25. The highest BCUT2D eigenvalue weighted by molar-refractivity contribution is 5.80. The van der Waals surface area contributed by atoms with Gasteiger partial charge >= 0.3 is 0 Å². The van der Waals surface area contributed by atoms with Gasteiger partial charge in [-0.2, -0.15) is 0 Å². The fourth-order valence-electron chi connectivity index (χ4n) is 4.87. The van der Waals surface area contributed by atoms with Crippen molar-refractivity contribution in [3.05, 3.63) is 23.7 Å². The number of aryl methyl sites for hydroxylation is 1. The first-order valence-electron chi connectivity index (χ1n) is 12.3.